The van der Waals surface area contributed by atoms with Crippen LogP contribution in [0.3, 0.4) is 0 Å². The van der Waals surface area contributed by atoms with Gasteiger partial charge in [-0.15, -0.1) is 0 Å². The third kappa shape index (κ3) is 3.01. The van der Waals surface area contributed by atoms with Gasteiger partial charge in [-0.25, -0.2) is 0 Å². The first-order valence-corrected chi connectivity index (χ1v) is 5.98. The predicted molar refractivity (Wildman–Crippen MR) is 73.1 cm³/mol. The van der Waals surface area contributed by atoms with E-state index in [1.807, 2.05) is 0 Å². The molecule has 0 aromatic heterocycles. The van der Waals surface area contributed by atoms with Gasteiger partial charge in [-0.05, 0) is 41.9 Å². The van der Waals surface area contributed by atoms with Crippen LogP contribution >= 0.6 is 11.6 Å². The topological polar surface area (TPSA) is 43.4 Å². The molecule has 2 rings (SSSR count). The van der Waals surface area contributed by atoms with Crippen molar-refractivity contribution in [1.29, 1.82) is 0 Å². The lowest BCUT2D eigenvalue weighted by atomic mass is 10.0. The average Bonchev–Trinajstić information content (AvgIpc) is 2.46. The minimum absolute atomic E-state index is 0.164. The molecule has 3 nitrogen and oxygen atoms in total. The molecule has 0 N–H and O–H groups in total. The Morgan fingerprint density at radius 3 is 2.16 bits per heavy atom. The maximum atomic E-state index is 12.2. The van der Waals surface area contributed by atoms with E-state index in [4.69, 9.17) is 16.3 Å². The molecule has 0 heterocycles. The van der Waals surface area contributed by atoms with Crippen LogP contribution in [-0.4, -0.2) is 18.1 Å². The van der Waals surface area contributed by atoms with Gasteiger partial charge in [0.15, 0.2) is 5.78 Å². The van der Waals surface area contributed by atoms with Crippen molar-refractivity contribution in [2.45, 2.75) is 0 Å². The molecule has 0 saturated heterocycles. The van der Waals surface area contributed by atoms with E-state index in [-0.39, 0.29) is 5.78 Å². The van der Waals surface area contributed by atoms with Crippen LogP contribution in [0, 0.1) is 0 Å². The van der Waals surface area contributed by atoms with Gasteiger partial charge in [-0.2, -0.15) is 0 Å². The molecular weight excluding hydrogens is 264 g/mol. The molecule has 0 amide bonds. The van der Waals surface area contributed by atoms with Crippen molar-refractivity contribution in [3.8, 4) is 5.75 Å². The number of ketones is 1. The van der Waals surface area contributed by atoms with Crippen LogP contribution in [0.15, 0.2) is 48.5 Å². The summed E-state index contributed by atoms with van der Waals surface area (Å²) in [4.78, 5) is 23.3. The molecule has 0 fully saturated rings. The standard InChI is InChI=1S/C15H11ClO3/c1-19-13-7-5-10(6-8-13)14(17)11-3-2-4-12(9-11)15(16)18/h2-9H,1H3. The van der Waals surface area contributed by atoms with Gasteiger partial charge < -0.3 is 4.74 Å². The highest BCUT2D eigenvalue weighted by atomic mass is 35.5. The summed E-state index contributed by atoms with van der Waals surface area (Å²) in [6, 6.07) is 13.1. The number of rotatable bonds is 4. The fourth-order valence-corrected chi connectivity index (χ4v) is 1.81. The number of hydrogen-bond acceptors (Lipinski definition) is 3. The lowest BCUT2D eigenvalue weighted by Crippen LogP contribution is -2.02. The second kappa shape index (κ2) is 5.67. The van der Waals surface area contributed by atoms with Crippen LogP contribution in [0.5, 0.6) is 5.75 Å². The largest absolute Gasteiger partial charge is 0.497 e. The van der Waals surface area contributed by atoms with Crippen molar-refractivity contribution in [1.82, 2.24) is 0 Å². The zero-order valence-corrected chi connectivity index (χ0v) is 11.0. The number of carbonyl (C=O) groups is 2. The van der Waals surface area contributed by atoms with Crippen molar-refractivity contribution >= 4 is 22.6 Å². The van der Waals surface area contributed by atoms with Gasteiger partial charge in [0.05, 0.1) is 7.11 Å². The number of ether oxygens (including phenoxy) is 1. The molecule has 19 heavy (non-hydrogen) atoms. The number of halogens is 1. The molecule has 0 atom stereocenters. The van der Waals surface area contributed by atoms with E-state index in [9.17, 15) is 9.59 Å². The summed E-state index contributed by atoms with van der Waals surface area (Å²) in [6.45, 7) is 0. The highest BCUT2D eigenvalue weighted by molar-refractivity contribution is 6.67. The van der Waals surface area contributed by atoms with Gasteiger partial charge >= 0.3 is 0 Å². The molecular formula is C15H11ClO3. The molecule has 0 saturated carbocycles. The molecule has 0 aliphatic heterocycles. The van der Waals surface area contributed by atoms with Gasteiger partial charge in [0, 0.05) is 16.7 Å². The van der Waals surface area contributed by atoms with E-state index in [1.165, 1.54) is 6.07 Å². The van der Waals surface area contributed by atoms with Crippen LogP contribution < -0.4 is 4.74 Å². The lowest BCUT2D eigenvalue weighted by Gasteiger charge is -2.04. The first-order chi connectivity index (χ1) is 9.11. The maximum absolute atomic E-state index is 12.2. The van der Waals surface area contributed by atoms with Crippen molar-refractivity contribution in [3.05, 3.63) is 65.2 Å². The fraction of sp³-hybridized carbons (Fsp3) is 0.0667. The Morgan fingerprint density at radius 2 is 1.58 bits per heavy atom. The average molecular weight is 275 g/mol. The summed E-state index contributed by atoms with van der Waals surface area (Å²) in [5.41, 5.74) is 1.26. The number of methoxy groups -OCH3 is 1. The Bertz CT molecular complexity index is 618. The molecule has 2 aromatic rings. The summed E-state index contributed by atoms with van der Waals surface area (Å²) in [7, 11) is 1.56. The van der Waals surface area contributed by atoms with Gasteiger partial charge in [-0.1, -0.05) is 18.2 Å². The molecule has 0 aliphatic carbocycles. The minimum Gasteiger partial charge on any atom is -0.497 e. The van der Waals surface area contributed by atoms with Gasteiger partial charge in [0.1, 0.15) is 5.75 Å². The third-order valence-corrected chi connectivity index (χ3v) is 2.92. The molecule has 2 aromatic carbocycles. The van der Waals surface area contributed by atoms with E-state index in [0.717, 1.165) is 0 Å². The molecule has 0 aliphatic rings. The number of hydrogen-bond donors (Lipinski definition) is 0. The van der Waals surface area contributed by atoms with Crippen LogP contribution in [0.2, 0.25) is 0 Å². The molecule has 0 bridgehead atoms. The van der Waals surface area contributed by atoms with Crippen LogP contribution in [0.4, 0.5) is 0 Å². The Balaban J connectivity index is 2.32. The quantitative estimate of drug-likeness (QED) is 0.635. The SMILES string of the molecule is COc1ccc(C(=O)c2cccc(C(=O)Cl)c2)cc1. The molecule has 4 heteroatoms. The van der Waals surface area contributed by atoms with E-state index in [1.54, 1.807) is 49.6 Å². The van der Waals surface area contributed by atoms with Gasteiger partial charge in [0.25, 0.3) is 5.24 Å². The van der Waals surface area contributed by atoms with Gasteiger partial charge in [-0.3, -0.25) is 9.59 Å². The zero-order chi connectivity index (χ0) is 13.8. The smallest absolute Gasteiger partial charge is 0.252 e. The van der Waals surface area contributed by atoms with E-state index < -0.39 is 5.24 Å². The Kier molecular flexibility index (Phi) is 3.97. The molecule has 0 unspecified atom stereocenters. The molecule has 0 radical (unpaired) electrons. The molecule has 96 valence electrons. The van der Waals surface area contributed by atoms with Crippen LogP contribution in [0.25, 0.3) is 0 Å². The van der Waals surface area contributed by atoms with Crippen molar-refractivity contribution < 1.29 is 14.3 Å². The summed E-state index contributed by atoms with van der Waals surface area (Å²) in [6.07, 6.45) is 0. The highest BCUT2D eigenvalue weighted by Crippen LogP contribution is 2.16. The summed E-state index contributed by atoms with van der Waals surface area (Å²) >= 11 is 5.40. The Morgan fingerprint density at radius 1 is 0.947 bits per heavy atom. The lowest BCUT2D eigenvalue weighted by molar-refractivity contribution is 0.103. The maximum Gasteiger partial charge on any atom is 0.252 e. The summed E-state index contributed by atoms with van der Waals surface area (Å²) < 4.78 is 5.03. The van der Waals surface area contributed by atoms with Crippen molar-refractivity contribution in [2.24, 2.45) is 0 Å². The first-order valence-electron chi connectivity index (χ1n) is 5.60. The Labute approximate surface area is 115 Å². The van der Waals surface area contributed by atoms with Crippen LogP contribution in [-0.2, 0) is 0 Å². The molecule has 0 spiro atoms. The second-order valence-corrected chi connectivity index (χ2v) is 4.26. The Hall–Kier alpha value is -2.13. The van der Waals surface area contributed by atoms with E-state index >= 15 is 0 Å². The van der Waals surface area contributed by atoms with E-state index in [0.29, 0.717) is 22.4 Å². The van der Waals surface area contributed by atoms with Crippen molar-refractivity contribution in [2.75, 3.05) is 7.11 Å². The summed E-state index contributed by atoms with van der Waals surface area (Å²) in [5, 5.41) is -0.579. The van der Waals surface area contributed by atoms with Crippen molar-refractivity contribution in [3.63, 3.8) is 0 Å². The van der Waals surface area contributed by atoms with Crippen LogP contribution in [0.1, 0.15) is 26.3 Å². The monoisotopic (exact) mass is 274 g/mol. The van der Waals surface area contributed by atoms with Gasteiger partial charge in [0.2, 0.25) is 0 Å². The normalized spacial score (nSPS) is 10.0. The first kappa shape index (κ1) is 13.3. The predicted octanol–water partition coefficient (Wildman–Crippen LogP) is 3.31. The fourth-order valence-electron chi connectivity index (χ4n) is 1.69. The van der Waals surface area contributed by atoms with E-state index in [2.05, 4.69) is 0 Å². The minimum atomic E-state index is -0.579. The highest BCUT2D eigenvalue weighted by Gasteiger charge is 2.11. The number of benzene rings is 2. The third-order valence-electron chi connectivity index (χ3n) is 2.70. The zero-order valence-electron chi connectivity index (χ0n) is 10.2. The second-order valence-electron chi connectivity index (χ2n) is 3.91. The number of carbonyl (C=O) groups excluding carboxylic acids is 2. The summed E-state index contributed by atoms with van der Waals surface area (Å²) in [5.74, 6) is 0.517.